The number of carbonyl (C=O) groups excluding carboxylic acids is 1. The molecular weight excluding hydrogens is 320 g/mol. The molecule has 0 saturated carbocycles. The van der Waals surface area contributed by atoms with Gasteiger partial charge < -0.3 is 18.9 Å². The van der Waals surface area contributed by atoms with Crippen LogP contribution in [0.4, 0.5) is 0 Å². The number of fused-ring (bicyclic) bond motifs is 1. The van der Waals surface area contributed by atoms with Gasteiger partial charge in [-0.2, -0.15) is 0 Å². The second-order valence-corrected chi connectivity index (χ2v) is 6.04. The lowest BCUT2D eigenvalue weighted by atomic mass is 10.1. The summed E-state index contributed by atoms with van der Waals surface area (Å²) < 4.78 is 16.6. The Kier molecular flexibility index (Phi) is 4.54. The van der Waals surface area contributed by atoms with Gasteiger partial charge in [-0.15, -0.1) is 0 Å². The molecule has 3 aromatic rings. The van der Waals surface area contributed by atoms with E-state index in [-0.39, 0.29) is 11.9 Å². The largest absolute Gasteiger partial charge is 0.468 e. The molecule has 1 aliphatic heterocycles. The van der Waals surface area contributed by atoms with Crippen molar-refractivity contribution in [1.82, 2.24) is 10.2 Å². The Morgan fingerprint density at radius 1 is 1.16 bits per heavy atom. The summed E-state index contributed by atoms with van der Waals surface area (Å²) in [6, 6.07) is 13.1. The van der Waals surface area contributed by atoms with Crippen LogP contribution in [0, 0.1) is 0 Å². The zero-order valence-electron chi connectivity index (χ0n) is 13.8. The predicted molar refractivity (Wildman–Crippen MR) is 92.4 cm³/mol. The van der Waals surface area contributed by atoms with Gasteiger partial charge in [-0.05, 0) is 24.3 Å². The molecule has 0 bridgehead atoms. The lowest BCUT2D eigenvalue weighted by molar-refractivity contribution is 0.0117. The number of benzene rings is 1. The molecule has 6 heteroatoms. The number of rotatable bonds is 5. The van der Waals surface area contributed by atoms with Crippen molar-refractivity contribution in [3.05, 3.63) is 60.2 Å². The third-order valence-corrected chi connectivity index (χ3v) is 4.46. The molecule has 1 saturated heterocycles. The molecule has 0 radical (unpaired) electrons. The van der Waals surface area contributed by atoms with Crippen molar-refractivity contribution < 1.29 is 18.4 Å². The van der Waals surface area contributed by atoms with Gasteiger partial charge in [0.15, 0.2) is 5.76 Å². The zero-order valence-corrected chi connectivity index (χ0v) is 13.8. The smallest absolute Gasteiger partial charge is 0.287 e. The topological polar surface area (TPSA) is 67.9 Å². The lowest BCUT2D eigenvalue weighted by Crippen LogP contribution is -2.43. The number of hydrogen-bond acceptors (Lipinski definition) is 5. The highest BCUT2D eigenvalue weighted by Crippen LogP contribution is 2.22. The Bertz CT molecular complexity index is 801. The first kappa shape index (κ1) is 15.9. The van der Waals surface area contributed by atoms with Crippen LogP contribution < -0.4 is 5.32 Å². The molecule has 130 valence electrons. The number of nitrogens with zero attached hydrogens (tertiary/aromatic N) is 1. The van der Waals surface area contributed by atoms with E-state index in [0.29, 0.717) is 31.1 Å². The number of carbonyl (C=O) groups is 1. The monoisotopic (exact) mass is 340 g/mol. The third kappa shape index (κ3) is 3.45. The molecule has 1 amide bonds. The van der Waals surface area contributed by atoms with E-state index in [1.807, 2.05) is 36.4 Å². The summed E-state index contributed by atoms with van der Waals surface area (Å²) in [5, 5.41) is 3.89. The fraction of sp³-hybridized carbons (Fsp3) is 0.316. The third-order valence-electron chi connectivity index (χ3n) is 4.46. The van der Waals surface area contributed by atoms with Gasteiger partial charge in [-0.3, -0.25) is 9.69 Å². The van der Waals surface area contributed by atoms with Gasteiger partial charge in [0.05, 0.1) is 25.5 Å². The zero-order chi connectivity index (χ0) is 17.1. The average Bonchev–Trinajstić information content (AvgIpc) is 3.32. The van der Waals surface area contributed by atoms with Crippen LogP contribution in [-0.2, 0) is 4.74 Å². The number of furan rings is 2. The maximum atomic E-state index is 12.5. The molecule has 6 nitrogen and oxygen atoms in total. The van der Waals surface area contributed by atoms with E-state index < -0.39 is 0 Å². The molecule has 1 fully saturated rings. The highest BCUT2D eigenvalue weighted by Gasteiger charge is 2.25. The van der Waals surface area contributed by atoms with Crippen molar-refractivity contribution in [2.24, 2.45) is 0 Å². The maximum absolute atomic E-state index is 12.5. The molecule has 0 aliphatic carbocycles. The van der Waals surface area contributed by atoms with E-state index in [9.17, 15) is 4.79 Å². The van der Waals surface area contributed by atoms with Crippen LogP contribution in [0.5, 0.6) is 0 Å². The van der Waals surface area contributed by atoms with Crippen LogP contribution in [0.1, 0.15) is 22.4 Å². The summed E-state index contributed by atoms with van der Waals surface area (Å²) in [6.07, 6.45) is 1.66. The summed E-state index contributed by atoms with van der Waals surface area (Å²) in [4.78, 5) is 14.8. The summed E-state index contributed by atoms with van der Waals surface area (Å²) in [6.45, 7) is 3.45. The van der Waals surface area contributed by atoms with Crippen LogP contribution in [0.3, 0.4) is 0 Å². The SMILES string of the molecule is O=C(NCC(c1ccco1)N1CCOCC1)c1cc2ccccc2o1. The summed E-state index contributed by atoms with van der Waals surface area (Å²) in [5.74, 6) is 0.939. The Morgan fingerprint density at radius 3 is 2.76 bits per heavy atom. The number of amides is 1. The molecule has 25 heavy (non-hydrogen) atoms. The molecule has 1 aliphatic rings. The minimum atomic E-state index is -0.221. The first-order valence-corrected chi connectivity index (χ1v) is 8.43. The van der Waals surface area contributed by atoms with Crippen molar-refractivity contribution in [1.29, 1.82) is 0 Å². The van der Waals surface area contributed by atoms with Crippen molar-refractivity contribution >= 4 is 16.9 Å². The number of morpholine rings is 1. The molecular formula is C19H20N2O4. The molecule has 3 heterocycles. The minimum absolute atomic E-state index is 0.0211. The fourth-order valence-electron chi connectivity index (χ4n) is 3.15. The number of hydrogen-bond donors (Lipinski definition) is 1. The first-order chi connectivity index (χ1) is 12.3. The van der Waals surface area contributed by atoms with Crippen molar-refractivity contribution in [3.63, 3.8) is 0 Å². The molecule has 1 aromatic carbocycles. The van der Waals surface area contributed by atoms with E-state index in [2.05, 4.69) is 10.2 Å². The lowest BCUT2D eigenvalue weighted by Gasteiger charge is -2.33. The van der Waals surface area contributed by atoms with Crippen molar-refractivity contribution in [3.8, 4) is 0 Å². The van der Waals surface area contributed by atoms with Gasteiger partial charge in [0.25, 0.3) is 5.91 Å². The van der Waals surface area contributed by atoms with E-state index in [4.69, 9.17) is 13.6 Å². The highest BCUT2D eigenvalue weighted by molar-refractivity contribution is 5.96. The number of ether oxygens (including phenoxy) is 1. The average molecular weight is 340 g/mol. The van der Waals surface area contributed by atoms with E-state index in [0.717, 1.165) is 24.2 Å². The molecule has 4 rings (SSSR count). The molecule has 1 atom stereocenters. The van der Waals surface area contributed by atoms with Crippen LogP contribution in [0.25, 0.3) is 11.0 Å². The Morgan fingerprint density at radius 2 is 2.00 bits per heavy atom. The second-order valence-electron chi connectivity index (χ2n) is 6.04. The highest BCUT2D eigenvalue weighted by atomic mass is 16.5. The van der Waals surface area contributed by atoms with E-state index in [1.165, 1.54) is 0 Å². The van der Waals surface area contributed by atoms with Gasteiger partial charge in [0, 0.05) is 25.0 Å². The van der Waals surface area contributed by atoms with Crippen LogP contribution >= 0.6 is 0 Å². The van der Waals surface area contributed by atoms with Crippen molar-refractivity contribution in [2.75, 3.05) is 32.8 Å². The van der Waals surface area contributed by atoms with Crippen LogP contribution in [0.2, 0.25) is 0 Å². The molecule has 0 spiro atoms. The van der Waals surface area contributed by atoms with Gasteiger partial charge in [0.1, 0.15) is 11.3 Å². The number of nitrogens with one attached hydrogen (secondary N) is 1. The Labute approximate surface area is 145 Å². The van der Waals surface area contributed by atoms with Gasteiger partial charge in [-0.1, -0.05) is 18.2 Å². The van der Waals surface area contributed by atoms with Crippen molar-refractivity contribution in [2.45, 2.75) is 6.04 Å². The molecule has 1 unspecified atom stereocenters. The van der Waals surface area contributed by atoms with Gasteiger partial charge in [0.2, 0.25) is 0 Å². The molecule has 1 N–H and O–H groups in total. The first-order valence-electron chi connectivity index (χ1n) is 8.43. The second kappa shape index (κ2) is 7.13. The van der Waals surface area contributed by atoms with Gasteiger partial charge >= 0.3 is 0 Å². The van der Waals surface area contributed by atoms with Gasteiger partial charge in [-0.25, -0.2) is 0 Å². The van der Waals surface area contributed by atoms with E-state index in [1.54, 1.807) is 12.3 Å². The molecule has 2 aromatic heterocycles. The van der Waals surface area contributed by atoms with Crippen LogP contribution in [-0.4, -0.2) is 43.7 Å². The summed E-state index contributed by atoms with van der Waals surface area (Å²) >= 11 is 0. The van der Waals surface area contributed by atoms with Crippen LogP contribution in [0.15, 0.2) is 57.6 Å². The Balaban J connectivity index is 1.47. The summed E-state index contributed by atoms with van der Waals surface area (Å²) in [7, 11) is 0. The fourth-order valence-corrected chi connectivity index (χ4v) is 3.15. The summed E-state index contributed by atoms with van der Waals surface area (Å²) in [5.41, 5.74) is 0.711. The maximum Gasteiger partial charge on any atom is 0.287 e. The minimum Gasteiger partial charge on any atom is -0.468 e. The quantitative estimate of drug-likeness (QED) is 0.773. The Hall–Kier alpha value is -2.57. The standard InChI is InChI=1S/C19H20N2O4/c22-19(18-12-14-4-1-2-5-16(14)25-18)20-13-15(17-6-3-9-24-17)21-7-10-23-11-8-21/h1-6,9,12,15H,7-8,10-11,13H2,(H,20,22). The predicted octanol–water partition coefficient (Wildman–Crippen LogP) is 2.83. The number of para-hydroxylation sites is 1. The van der Waals surface area contributed by atoms with E-state index >= 15 is 0 Å². The normalized spacial score (nSPS) is 16.8.